The van der Waals surface area contributed by atoms with Gasteiger partial charge in [0, 0.05) is 13.2 Å². The summed E-state index contributed by atoms with van der Waals surface area (Å²) in [6, 6.07) is 13.4. The number of nitrogens with zero attached hydrogens (tertiary/aromatic N) is 1. The molecule has 0 aliphatic carbocycles. The lowest BCUT2D eigenvalue weighted by molar-refractivity contribution is -0.124. The Labute approximate surface area is 181 Å². The summed E-state index contributed by atoms with van der Waals surface area (Å²) in [5.74, 6) is -1.79. The molecule has 0 aliphatic heterocycles. The van der Waals surface area contributed by atoms with Gasteiger partial charge in [0.2, 0.25) is 11.8 Å². The van der Waals surface area contributed by atoms with Gasteiger partial charge in [-0.15, -0.1) is 0 Å². The first kappa shape index (κ1) is 24.3. The van der Waals surface area contributed by atoms with Gasteiger partial charge in [-0.2, -0.15) is 0 Å². The third-order valence-corrected chi connectivity index (χ3v) is 4.63. The predicted octanol–water partition coefficient (Wildman–Crippen LogP) is 0.355. The number of rotatable bonds is 12. The number of aryl methyl sites for hydroxylation is 1. The number of methoxy groups -OCH3 is 2. The SMILES string of the molecule is COCC(NC(=O)c1cccc(OC)n1)C(=O)N[C@@H](CCCc1ccccc1)B(O)O. The van der Waals surface area contributed by atoms with Gasteiger partial charge in [-0.25, -0.2) is 4.98 Å². The highest BCUT2D eigenvalue weighted by Crippen LogP contribution is 2.09. The highest BCUT2D eigenvalue weighted by molar-refractivity contribution is 6.43. The molecule has 2 aromatic rings. The van der Waals surface area contributed by atoms with Crippen LogP contribution < -0.4 is 15.4 Å². The van der Waals surface area contributed by atoms with Gasteiger partial charge in [0.15, 0.2) is 0 Å². The third-order valence-electron chi connectivity index (χ3n) is 4.63. The van der Waals surface area contributed by atoms with Crippen molar-refractivity contribution >= 4 is 18.9 Å². The van der Waals surface area contributed by atoms with E-state index in [1.54, 1.807) is 12.1 Å². The maximum absolute atomic E-state index is 12.7. The average Bonchev–Trinajstić information content (AvgIpc) is 2.78. The Morgan fingerprint density at radius 2 is 1.81 bits per heavy atom. The van der Waals surface area contributed by atoms with E-state index >= 15 is 0 Å². The van der Waals surface area contributed by atoms with E-state index in [4.69, 9.17) is 9.47 Å². The van der Waals surface area contributed by atoms with E-state index in [0.717, 1.165) is 12.0 Å². The first-order chi connectivity index (χ1) is 14.9. The summed E-state index contributed by atoms with van der Waals surface area (Å²) >= 11 is 0. The number of hydrogen-bond acceptors (Lipinski definition) is 7. The molecular formula is C21H28BN3O6. The molecule has 31 heavy (non-hydrogen) atoms. The number of pyridine rings is 1. The second-order valence-corrected chi connectivity index (χ2v) is 6.95. The molecule has 0 radical (unpaired) electrons. The maximum atomic E-state index is 12.7. The molecule has 2 rings (SSSR count). The van der Waals surface area contributed by atoms with Crippen molar-refractivity contribution in [3.05, 3.63) is 59.8 Å². The third kappa shape index (κ3) is 8.01. The normalized spacial score (nSPS) is 12.5. The van der Waals surface area contributed by atoms with Crippen LogP contribution in [0.1, 0.15) is 28.9 Å². The van der Waals surface area contributed by atoms with Gasteiger partial charge in [-0.3, -0.25) is 9.59 Å². The molecule has 166 valence electrons. The van der Waals surface area contributed by atoms with E-state index in [9.17, 15) is 19.6 Å². The summed E-state index contributed by atoms with van der Waals surface area (Å²) in [4.78, 5) is 29.2. The van der Waals surface area contributed by atoms with E-state index in [1.165, 1.54) is 20.3 Å². The smallest absolute Gasteiger partial charge is 0.475 e. The van der Waals surface area contributed by atoms with Gasteiger partial charge in [0.25, 0.3) is 5.91 Å². The molecule has 4 N–H and O–H groups in total. The molecule has 1 aromatic heterocycles. The fourth-order valence-electron chi connectivity index (χ4n) is 2.99. The van der Waals surface area contributed by atoms with Crippen LogP contribution in [0.15, 0.2) is 48.5 Å². The minimum absolute atomic E-state index is 0.0786. The number of ether oxygens (including phenoxy) is 2. The molecule has 0 saturated carbocycles. The molecule has 0 fully saturated rings. The molecule has 0 aliphatic rings. The van der Waals surface area contributed by atoms with Crippen LogP contribution in [0.2, 0.25) is 0 Å². The van der Waals surface area contributed by atoms with Gasteiger partial charge < -0.3 is 30.2 Å². The average molecular weight is 429 g/mol. The van der Waals surface area contributed by atoms with Crippen LogP contribution in [0.3, 0.4) is 0 Å². The van der Waals surface area contributed by atoms with Gasteiger partial charge in [0.05, 0.1) is 19.7 Å². The van der Waals surface area contributed by atoms with E-state index in [-0.39, 0.29) is 18.2 Å². The van der Waals surface area contributed by atoms with E-state index in [0.29, 0.717) is 12.8 Å². The molecule has 0 bridgehead atoms. The molecule has 1 heterocycles. The van der Waals surface area contributed by atoms with E-state index < -0.39 is 30.9 Å². The van der Waals surface area contributed by atoms with Gasteiger partial charge in [0.1, 0.15) is 11.7 Å². The number of amides is 2. The van der Waals surface area contributed by atoms with Gasteiger partial charge in [-0.05, 0) is 30.9 Å². The van der Waals surface area contributed by atoms with Crippen molar-refractivity contribution in [1.82, 2.24) is 15.6 Å². The van der Waals surface area contributed by atoms with Crippen molar-refractivity contribution in [2.45, 2.75) is 31.2 Å². The summed E-state index contributed by atoms with van der Waals surface area (Å²) in [7, 11) is 1.09. The number of benzene rings is 1. The van der Waals surface area contributed by atoms with Crippen LogP contribution in [0, 0.1) is 0 Å². The van der Waals surface area contributed by atoms with Crippen LogP contribution in [-0.2, 0) is 16.0 Å². The molecule has 1 aromatic carbocycles. The largest absolute Gasteiger partial charge is 0.481 e. The fourth-order valence-corrected chi connectivity index (χ4v) is 2.99. The van der Waals surface area contributed by atoms with Crippen molar-refractivity contribution in [2.75, 3.05) is 20.8 Å². The lowest BCUT2D eigenvalue weighted by Crippen LogP contribution is -2.55. The fraction of sp³-hybridized carbons (Fsp3) is 0.381. The first-order valence-electron chi connectivity index (χ1n) is 9.96. The Morgan fingerprint density at radius 3 is 2.45 bits per heavy atom. The Balaban J connectivity index is 1.96. The van der Waals surface area contributed by atoms with Crippen molar-refractivity contribution in [3.8, 4) is 5.88 Å². The summed E-state index contributed by atoms with van der Waals surface area (Å²) in [6.07, 6.45) is 1.73. The molecule has 10 heteroatoms. The number of hydrogen-bond donors (Lipinski definition) is 4. The van der Waals surface area contributed by atoms with Crippen molar-refractivity contribution in [3.63, 3.8) is 0 Å². The second kappa shape index (κ2) is 12.7. The monoisotopic (exact) mass is 429 g/mol. The van der Waals surface area contributed by atoms with E-state index in [2.05, 4.69) is 15.6 Å². The Bertz CT molecular complexity index is 837. The number of nitrogens with one attached hydrogen (secondary N) is 2. The van der Waals surface area contributed by atoms with Crippen LogP contribution in [0.4, 0.5) is 0 Å². The summed E-state index contributed by atoms with van der Waals surface area (Å²) in [6.45, 7) is -0.0974. The molecule has 1 unspecified atom stereocenters. The van der Waals surface area contributed by atoms with Crippen molar-refractivity contribution in [1.29, 1.82) is 0 Å². The zero-order valence-electron chi connectivity index (χ0n) is 17.7. The molecule has 9 nitrogen and oxygen atoms in total. The van der Waals surface area contributed by atoms with Crippen molar-refractivity contribution < 1.29 is 29.1 Å². The Kier molecular flexibility index (Phi) is 9.95. The highest BCUT2D eigenvalue weighted by atomic mass is 16.5. The second-order valence-electron chi connectivity index (χ2n) is 6.95. The van der Waals surface area contributed by atoms with E-state index in [1.807, 2.05) is 30.3 Å². The highest BCUT2D eigenvalue weighted by Gasteiger charge is 2.29. The lowest BCUT2D eigenvalue weighted by atomic mass is 9.76. The molecule has 2 amide bonds. The van der Waals surface area contributed by atoms with Gasteiger partial charge in [-0.1, -0.05) is 36.4 Å². The van der Waals surface area contributed by atoms with Crippen LogP contribution in [0.25, 0.3) is 0 Å². The Morgan fingerprint density at radius 1 is 1.06 bits per heavy atom. The lowest BCUT2D eigenvalue weighted by Gasteiger charge is -2.22. The number of carbonyl (C=O) groups excluding carboxylic acids is 2. The quantitative estimate of drug-likeness (QED) is 0.359. The molecule has 0 spiro atoms. The number of carbonyl (C=O) groups is 2. The zero-order valence-corrected chi connectivity index (χ0v) is 17.7. The van der Waals surface area contributed by atoms with Crippen LogP contribution in [0.5, 0.6) is 5.88 Å². The molecule has 0 saturated heterocycles. The van der Waals surface area contributed by atoms with Gasteiger partial charge >= 0.3 is 7.12 Å². The Hall–Kier alpha value is -2.95. The zero-order chi connectivity index (χ0) is 22.6. The van der Waals surface area contributed by atoms with Crippen molar-refractivity contribution in [2.24, 2.45) is 0 Å². The summed E-state index contributed by atoms with van der Waals surface area (Å²) in [5, 5.41) is 24.5. The molecular weight excluding hydrogens is 401 g/mol. The summed E-state index contributed by atoms with van der Waals surface area (Å²) in [5.41, 5.74) is 1.20. The minimum Gasteiger partial charge on any atom is -0.481 e. The standard InChI is InChI=1S/C21H28BN3O6/c1-30-14-17(24-20(26)16-11-7-13-19(23-16)31-2)21(27)25-18(22(28)29)12-6-10-15-8-4-3-5-9-15/h3-5,7-9,11,13,17-18,28-29H,6,10,12,14H2,1-2H3,(H,24,26)(H,25,27)/t17?,18-/m0/s1. The minimum atomic E-state index is -1.74. The summed E-state index contributed by atoms with van der Waals surface area (Å²) < 4.78 is 10.0. The van der Waals surface area contributed by atoms with Crippen LogP contribution >= 0.6 is 0 Å². The molecule has 2 atom stereocenters. The predicted molar refractivity (Wildman–Crippen MR) is 115 cm³/mol. The topological polar surface area (TPSA) is 130 Å². The first-order valence-corrected chi connectivity index (χ1v) is 9.96. The maximum Gasteiger partial charge on any atom is 0.475 e. The van der Waals surface area contributed by atoms with Crippen LogP contribution in [-0.4, -0.2) is 66.8 Å². The number of aromatic nitrogens is 1.